The predicted octanol–water partition coefficient (Wildman–Crippen LogP) is 4.89. The van der Waals surface area contributed by atoms with Crippen LogP contribution in [0, 0.1) is 20.8 Å². The number of piperidine rings is 1. The highest BCUT2D eigenvalue weighted by atomic mass is 32.1. The van der Waals surface area contributed by atoms with Crippen molar-refractivity contribution in [3.63, 3.8) is 0 Å². The summed E-state index contributed by atoms with van der Waals surface area (Å²) in [6.45, 7) is 6.74. The third-order valence-electron chi connectivity index (χ3n) is 5.27. The Morgan fingerprint density at radius 3 is 2.79 bits per heavy atom. The summed E-state index contributed by atoms with van der Waals surface area (Å²) in [4.78, 5) is 29.6. The molecular formula is C22H24N4OS. The van der Waals surface area contributed by atoms with E-state index in [4.69, 9.17) is 4.98 Å². The van der Waals surface area contributed by atoms with E-state index in [0.717, 1.165) is 64.5 Å². The SMILES string of the molecule is Cc1csc(C(=O)N2CCCC[C@H]2c2nc(C)ncc2-c2ccncc2C)c1. The fourth-order valence-electron chi connectivity index (χ4n) is 3.87. The number of carbonyl (C=O) groups is 1. The van der Waals surface area contributed by atoms with Gasteiger partial charge in [-0.25, -0.2) is 9.97 Å². The molecule has 1 saturated heterocycles. The minimum absolute atomic E-state index is 0.0343. The van der Waals surface area contributed by atoms with Crippen molar-refractivity contribution in [2.24, 2.45) is 0 Å². The van der Waals surface area contributed by atoms with Crippen molar-refractivity contribution in [1.29, 1.82) is 0 Å². The number of nitrogens with zero attached hydrogens (tertiary/aromatic N) is 4. The van der Waals surface area contributed by atoms with Crippen LogP contribution in [-0.2, 0) is 0 Å². The molecule has 0 aromatic carbocycles. The molecule has 1 fully saturated rings. The van der Waals surface area contributed by atoms with E-state index in [9.17, 15) is 4.79 Å². The van der Waals surface area contributed by atoms with Gasteiger partial charge in [-0.2, -0.15) is 0 Å². The zero-order valence-electron chi connectivity index (χ0n) is 16.5. The quantitative estimate of drug-likeness (QED) is 0.636. The van der Waals surface area contributed by atoms with Gasteiger partial charge in [-0.05, 0) is 74.2 Å². The number of rotatable bonds is 3. The lowest BCUT2D eigenvalue weighted by atomic mass is 9.92. The van der Waals surface area contributed by atoms with Crippen molar-refractivity contribution in [2.45, 2.75) is 46.1 Å². The van der Waals surface area contributed by atoms with Crippen molar-refractivity contribution in [3.05, 3.63) is 63.6 Å². The van der Waals surface area contributed by atoms with Crippen LogP contribution in [0.1, 0.15) is 57.6 Å². The van der Waals surface area contributed by atoms with Gasteiger partial charge in [-0.15, -0.1) is 11.3 Å². The van der Waals surface area contributed by atoms with E-state index in [-0.39, 0.29) is 11.9 Å². The van der Waals surface area contributed by atoms with Gasteiger partial charge in [-0.1, -0.05) is 0 Å². The molecule has 0 spiro atoms. The molecule has 6 heteroatoms. The van der Waals surface area contributed by atoms with Crippen LogP contribution in [-0.4, -0.2) is 32.3 Å². The summed E-state index contributed by atoms with van der Waals surface area (Å²) in [5, 5.41) is 2.03. The number of pyridine rings is 1. The van der Waals surface area contributed by atoms with Gasteiger partial charge in [0.05, 0.1) is 16.6 Å². The highest BCUT2D eigenvalue weighted by Crippen LogP contribution is 2.37. The second kappa shape index (κ2) is 7.80. The maximum atomic E-state index is 13.3. The molecule has 0 bridgehead atoms. The smallest absolute Gasteiger partial charge is 0.264 e. The highest BCUT2D eigenvalue weighted by Gasteiger charge is 2.32. The molecule has 0 aliphatic carbocycles. The minimum atomic E-state index is -0.0343. The lowest BCUT2D eigenvalue weighted by molar-refractivity contribution is 0.0611. The van der Waals surface area contributed by atoms with Crippen LogP contribution in [0.3, 0.4) is 0 Å². The van der Waals surface area contributed by atoms with Crippen molar-refractivity contribution in [2.75, 3.05) is 6.54 Å². The number of hydrogen-bond acceptors (Lipinski definition) is 5. The second-order valence-corrected chi connectivity index (χ2v) is 8.32. The third kappa shape index (κ3) is 3.56. The first-order chi connectivity index (χ1) is 13.5. The third-order valence-corrected chi connectivity index (χ3v) is 6.31. The molecule has 4 rings (SSSR count). The molecule has 4 heterocycles. The van der Waals surface area contributed by atoms with Gasteiger partial charge in [0.2, 0.25) is 0 Å². The first-order valence-electron chi connectivity index (χ1n) is 9.65. The first-order valence-corrected chi connectivity index (χ1v) is 10.5. The van der Waals surface area contributed by atoms with E-state index in [0.29, 0.717) is 0 Å². The highest BCUT2D eigenvalue weighted by molar-refractivity contribution is 7.12. The predicted molar refractivity (Wildman–Crippen MR) is 111 cm³/mol. The number of likely N-dealkylation sites (tertiary alicyclic amines) is 1. The van der Waals surface area contributed by atoms with E-state index in [2.05, 4.69) is 9.97 Å². The normalized spacial score (nSPS) is 17.0. The van der Waals surface area contributed by atoms with Crippen molar-refractivity contribution in [3.8, 4) is 11.1 Å². The molecule has 3 aromatic rings. The molecule has 0 saturated carbocycles. The van der Waals surface area contributed by atoms with Gasteiger partial charge < -0.3 is 4.90 Å². The van der Waals surface area contributed by atoms with Crippen LogP contribution >= 0.6 is 11.3 Å². The molecule has 1 aliphatic rings. The zero-order valence-corrected chi connectivity index (χ0v) is 17.3. The molecule has 1 amide bonds. The molecule has 28 heavy (non-hydrogen) atoms. The van der Waals surface area contributed by atoms with Gasteiger partial charge in [0, 0.05) is 30.7 Å². The largest absolute Gasteiger partial charge is 0.329 e. The lowest BCUT2D eigenvalue weighted by Crippen LogP contribution is -2.39. The fourth-order valence-corrected chi connectivity index (χ4v) is 4.72. The van der Waals surface area contributed by atoms with Crippen molar-refractivity contribution < 1.29 is 4.79 Å². The molecule has 5 nitrogen and oxygen atoms in total. The Hall–Kier alpha value is -2.60. The van der Waals surface area contributed by atoms with Gasteiger partial charge in [-0.3, -0.25) is 9.78 Å². The Kier molecular flexibility index (Phi) is 5.22. The number of amides is 1. The molecule has 144 valence electrons. The van der Waals surface area contributed by atoms with E-state index in [1.54, 1.807) is 6.20 Å². The van der Waals surface area contributed by atoms with Gasteiger partial charge >= 0.3 is 0 Å². The van der Waals surface area contributed by atoms with E-state index in [1.165, 1.54) is 11.3 Å². The molecule has 1 atom stereocenters. The molecule has 0 radical (unpaired) electrons. The van der Waals surface area contributed by atoms with Gasteiger partial charge in [0.15, 0.2) is 0 Å². The molecule has 0 unspecified atom stereocenters. The summed E-state index contributed by atoms with van der Waals surface area (Å²) >= 11 is 1.52. The van der Waals surface area contributed by atoms with Crippen molar-refractivity contribution in [1.82, 2.24) is 19.9 Å². The number of aryl methyl sites for hydroxylation is 3. The number of carbonyl (C=O) groups excluding carboxylic acids is 1. The summed E-state index contributed by atoms with van der Waals surface area (Å²) in [5.41, 5.74) is 5.24. The maximum Gasteiger partial charge on any atom is 0.264 e. The van der Waals surface area contributed by atoms with Crippen LogP contribution in [0.25, 0.3) is 11.1 Å². The van der Waals surface area contributed by atoms with Gasteiger partial charge in [0.1, 0.15) is 5.82 Å². The second-order valence-electron chi connectivity index (χ2n) is 7.41. The molecule has 3 aromatic heterocycles. The number of hydrogen-bond donors (Lipinski definition) is 0. The van der Waals surface area contributed by atoms with Crippen LogP contribution in [0.2, 0.25) is 0 Å². The Morgan fingerprint density at radius 2 is 2.04 bits per heavy atom. The van der Waals surface area contributed by atoms with Crippen LogP contribution in [0.4, 0.5) is 0 Å². The Morgan fingerprint density at radius 1 is 1.18 bits per heavy atom. The standard InChI is InChI=1S/C22H24N4OS/c1-14-10-20(28-13-14)22(27)26-9-5-4-6-19(26)21-18(12-24-16(3)25-21)17-7-8-23-11-15(17)2/h7-8,10-13,19H,4-6,9H2,1-3H3/t19-/m0/s1. The van der Waals surface area contributed by atoms with Crippen LogP contribution in [0.5, 0.6) is 0 Å². The summed E-state index contributed by atoms with van der Waals surface area (Å²) in [6, 6.07) is 3.95. The van der Waals surface area contributed by atoms with Crippen LogP contribution < -0.4 is 0 Å². The average molecular weight is 393 g/mol. The monoisotopic (exact) mass is 392 g/mol. The zero-order chi connectivity index (χ0) is 19.7. The fraction of sp³-hybridized carbons (Fsp3) is 0.364. The molecule has 1 aliphatic heterocycles. The first kappa shape index (κ1) is 18.7. The van der Waals surface area contributed by atoms with Gasteiger partial charge in [0.25, 0.3) is 5.91 Å². The average Bonchev–Trinajstić information content (AvgIpc) is 3.14. The Bertz CT molecular complexity index is 1010. The number of thiophene rings is 1. The van der Waals surface area contributed by atoms with E-state index < -0.39 is 0 Å². The van der Waals surface area contributed by atoms with E-state index in [1.807, 2.05) is 55.6 Å². The maximum absolute atomic E-state index is 13.3. The van der Waals surface area contributed by atoms with Crippen molar-refractivity contribution >= 4 is 17.2 Å². The lowest BCUT2D eigenvalue weighted by Gasteiger charge is -2.36. The Labute approximate surface area is 169 Å². The number of aromatic nitrogens is 3. The minimum Gasteiger partial charge on any atom is -0.329 e. The summed E-state index contributed by atoms with van der Waals surface area (Å²) in [6.07, 6.45) is 8.59. The molecule has 0 N–H and O–H groups in total. The Balaban J connectivity index is 1.79. The summed E-state index contributed by atoms with van der Waals surface area (Å²) in [7, 11) is 0. The molecular weight excluding hydrogens is 368 g/mol. The summed E-state index contributed by atoms with van der Waals surface area (Å²) in [5.74, 6) is 0.840. The topological polar surface area (TPSA) is 59.0 Å². The van der Waals surface area contributed by atoms with Crippen LogP contribution in [0.15, 0.2) is 36.1 Å². The van der Waals surface area contributed by atoms with E-state index >= 15 is 0 Å². The summed E-state index contributed by atoms with van der Waals surface area (Å²) < 4.78 is 0.